The number of aromatic carboxylic acids is 1. The topological polar surface area (TPSA) is 82.5 Å². The Kier molecular flexibility index (Phi) is 5.20. The smallest absolute Gasteiger partial charge is 0.337 e. The Morgan fingerprint density at radius 1 is 1.40 bits per heavy atom. The van der Waals surface area contributed by atoms with Gasteiger partial charge >= 0.3 is 5.97 Å². The number of hydrogen-bond donors (Lipinski definition) is 3. The first kappa shape index (κ1) is 15.1. The molecule has 1 aromatic rings. The SMILES string of the molecule is O=C(O)c1ccnc(NCC2CCCCC2CO)c1Cl. The molecule has 0 bridgehead atoms. The van der Waals surface area contributed by atoms with E-state index in [1.165, 1.54) is 18.7 Å². The lowest BCUT2D eigenvalue weighted by molar-refractivity contribution is 0.0697. The van der Waals surface area contributed by atoms with E-state index in [9.17, 15) is 9.90 Å². The zero-order valence-corrected chi connectivity index (χ0v) is 11.9. The Balaban J connectivity index is 2.03. The normalized spacial score (nSPS) is 22.5. The van der Waals surface area contributed by atoms with E-state index in [0.717, 1.165) is 19.3 Å². The zero-order chi connectivity index (χ0) is 14.5. The molecule has 1 fully saturated rings. The number of hydrogen-bond acceptors (Lipinski definition) is 4. The van der Waals surface area contributed by atoms with Gasteiger partial charge in [-0.3, -0.25) is 0 Å². The van der Waals surface area contributed by atoms with Gasteiger partial charge in [-0.25, -0.2) is 9.78 Å². The molecule has 0 aromatic carbocycles. The minimum atomic E-state index is -1.06. The second-order valence-corrected chi connectivity index (χ2v) is 5.57. The van der Waals surface area contributed by atoms with Crippen molar-refractivity contribution in [2.24, 2.45) is 11.8 Å². The highest BCUT2D eigenvalue weighted by Crippen LogP contribution is 2.31. The van der Waals surface area contributed by atoms with Crippen molar-refractivity contribution >= 4 is 23.4 Å². The highest BCUT2D eigenvalue weighted by atomic mass is 35.5. The molecule has 5 nitrogen and oxygen atoms in total. The van der Waals surface area contributed by atoms with Crippen LogP contribution in [0, 0.1) is 11.8 Å². The van der Waals surface area contributed by atoms with Gasteiger partial charge in [0.15, 0.2) is 0 Å². The summed E-state index contributed by atoms with van der Waals surface area (Å²) < 4.78 is 0. The summed E-state index contributed by atoms with van der Waals surface area (Å²) in [5.41, 5.74) is 0.0477. The summed E-state index contributed by atoms with van der Waals surface area (Å²) in [4.78, 5) is 15.1. The van der Waals surface area contributed by atoms with Crippen LogP contribution in [0.1, 0.15) is 36.0 Å². The molecule has 20 heavy (non-hydrogen) atoms. The first-order valence-electron chi connectivity index (χ1n) is 6.86. The molecule has 2 atom stereocenters. The van der Waals surface area contributed by atoms with Gasteiger partial charge in [0.2, 0.25) is 0 Å². The molecule has 1 saturated carbocycles. The number of aliphatic hydroxyl groups is 1. The van der Waals surface area contributed by atoms with Crippen molar-refractivity contribution in [3.05, 3.63) is 22.8 Å². The summed E-state index contributed by atoms with van der Waals surface area (Å²) >= 11 is 6.04. The number of pyridine rings is 1. The highest BCUT2D eigenvalue weighted by molar-refractivity contribution is 6.35. The molecular formula is C14H19ClN2O3. The average molecular weight is 299 g/mol. The van der Waals surface area contributed by atoms with Crippen molar-refractivity contribution in [1.29, 1.82) is 0 Å². The Hall–Kier alpha value is -1.33. The molecule has 1 aliphatic carbocycles. The third-order valence-corrected chi connectivity index (χ3v) is 4.33. The Morgan fingerprint density at radius 3 is 2.75 bits per heavy atom. The lowest BCUT2D eigenvalue weighted by Crippen LogP contribution is -2.29. The fourth-order valence-electron chi connectivity index (χ4n) is 2.75. The Bertz CT molecular complexity index is 481. The number of anilines is 1. The Labute approximate surface area is 123 Å². The van der Waals surface area contributed by atoms with Crippen LogP contribution >= 0.6 is 11.6 Å². The minimum Gasteiger partial charge on any atom is -0.478 e. The van der Waals surface area contributed by atoms with E-state index in [-0.39, 0.29) is 17.2 Å². The fourth-order valence-corrected chi connectivity index (χ4v) is 3.01. The summed E-state index contributed by atoms with van der Waals surface area (Å²) in [6.07, 6.45) is 5.87. The van der Waals surface area contributed by atoms with E-state index in [4.69, 9.17) is 16.7 Å². The van der Waals surface area contributed by atoms with Crippen molar-refractivity contribution in [3.8, 4) is 0 Å². The molecule has 1 aromatic heterocycles. The van der Waals surface area contributed by atoms with Crippen LogP contribution in [0.25, 0.3) is 0 Å². The first-order chi connectivity index (χ1) is 9.63. The van der Waals surface area contributed by atoms with Crippen molar-refractivity contribution < 1.29 is 15.0 Å². The molecule has 6 heteroatoms. The number of carboxylic acid groups (broad SMARTS) is 1. The number of halogens is 1. The predicted octanol–water partition coefficient (Wildman–Crippen LogP) is 2.64. The molecule has 0 radical (unpaired) electrons. The van der Waals surface area contributed by atoms with Gasteiger partial charge in [-0.05, 0) is 30.7 Å². The number of carbonyl (C=O) groups is 1. The molecule has 0 amide bonds. The fraction of sp³-hybridized carbons (Fsp3) is 0.571. The quantitative estimate of drug-likeness (QED) is 0.778. The van der Waals surface area contributed by atoms with E-state index in [2.05, 4.69) is 10.3 Å². The van der Waals surface area contributed by atoms with Gasteiger partial charge in [0.05, 0.1) is 10.6 Å². The van der Waals surface area contributed by atoms with Gasteiger partial charge < -0.3 is 15.5 Å². The number of nitrogens with one attached hydrogen (secondary N) is 1. The summed E-state index contributed by atoms with van der Waals surface area (Å²) in [6, 6.07) is 1.38. The van der Waals surface area contributed by atoms with Crippen LogP contribution < -0.4 is 5.32 Å². The minimum absolute atomic E-state index is 0.0477. The Morgan fingerprint density at radius 2 is 2.10 bits per heavy atom. The molecule has 2 unspecified atom stereocenters. The van der Waals surface area contributed by atoms with Crippen LogP contribution in [-0.4, -0.2) is 34.3 Å². The first-order valence-corrected chi connectivity index (χ1v) is 7.23. The van der Waals surface area contributed by atoms with Gasteiger partial charge in [0.1, 0.15) is 5.82 Å². The third kappa shape index (κ3) is 3.41. The van der Waals surface area contributed by atoms with Crippen LogP contribution in [0.15, 0.2) is 12.3 Å². The maximum atomic E-state index is 11.0. The largest absolute Gasteiger partial charge is 0.478 e. The number of nitrogens with zero attached hydrogens (tertiary/aromatic N) is 1. The molecular weight excluding hydrogens is 280 g/mol. The average Bonchev–Trinajstić information content (AvgIpc) is 2.46. The lowest BCUT2D eigenvalue weighted by atomic mass is 9.79. The zero-order valence-electron chi connectivity index (χ0n) is 11.2. The van der Waals surface area contributed by atoms with Crippen molar-refractivity contribution in [2.75, 3.05) is 18.5 Å². The van der Waals surface area contributed by atoms with Crippen molar-refractivity contribution in [2.45, 2.75) is 25.7 Å². The molecule has 3 N–H and O–H groups in total. The lowest BCUT2D eigenvalue weighted by Gasteiger charge is -2.30. The highest BCUT2D eigenvalue weighted by Gasteiger charge is 2.24. The number of aromatic nitrogens is 1. The summed E-state index contributed by atoms with van der Waals surface area (Å²) in [6.45, 7) is 0.851. The monoisotopic (exact) mass is 298 g/mol. The van der Waals surface area contributed by atoms with Gasteiger partial charge in [0, 0.05) is 19.3 Å². The maximum absolute atomic E-state index is 11.0. The van der Waals surface area contributed by atoms with Crippen LogP contribution in [0.3, 0.4) is 0 Å². The maximum Gasteiger partial charge on any atom is 0.337 e. The van der Waals surface area contributed by atoms with Crippen LogP contribution in [0.4, 0.5) is 5.82 Å². The van der Waals surface area contributed by atoms with Crippen molar-refractivity contribution in [3.63, 3.8) is 0 Å². The van der Waals surface area contributed by atoms with Gasteiger partial charge in [-0.1, -0.05) is 24.4 Å². The number of aliphatic hydroxyl groups excluding tert-OH is 1. The van der Waals surface area contributed by atoms with Crippen LogP contribution in [0.5, 0.6) is 0 Å². The van der Waals surface area contributed by atoms with Crippen molar-refractivity contribution in [1.82, 2.24) is 4.98 Å². The standard InChI is InChI=1S/C14H19ClN2O3/c15-12-11(14(19)20)5-6-16-13(12)17-7-9-3-1-2-4-10(9)8-18/h5-6,9-10,18H,1-4,7-8H2,(H,16,17)(H,19,20). The second-order valence-electron chi connectivity index (χ2n) is 5.19. The molecule has 1 heterocycles. The van der Waals surface area contributed by atoms with Gasteiger partial charge in [-0.15, -0.1) is 0 Å². The molecule has 110 valence electrons. The van der Waals surface area contributed by atoms with Gasteiger partial charge in [-0.2, -0.15) is 0 Å². The number of rotatable bonds is 5. The third-order valence-electron chi connectivity index (χ3n) is 3.95. The van der Waals surface area contributed by atoms with Crippen LogP contribution in [0.2, 0.25) is 5.02 Å². The summed E-state index contributed by atoms with van der Waals surface area (Å²) in [7, 11) is 0. The van der Waals surface area contributed by atoms with E-state index >= 15 is 0 Å². The molecule has 2 rings (SSSR count). The van der Waals surface area contributed by atoms with Gasteiger partial charge in [0.25, 0.3) is 0 Å². The summed E-state index contributed by atoms with van der Waals surface area (Å²) in [5.74, 6) is 0.0120. The second kappa shape index (κ2) is 6.90. The number of carboxylic acids is 1. The van der Waals surface area contributed by atoms with E-state index in [1.54, 1.807) is 0 Å². The molecule has 0 spiro atoms. The predicted molar refractivity (Wildman–Crippen MR) is 77.2 cm³/mol. The van der Waals surface area contributed by atoms with E-state index in [0.29, 0.717) is 24.2 Å². The van der Waals surface area contributed by atoms with Crippen LogP contribution in [-0.2, 0) is 0 Å². The summed E-state index contributed by atoms with van der Waals surface area (Å²) in [5, 5.41) is 21.7. The van der Waals surface area contributed by atoms with E-state index < -0.39 is 5.97 Å². The molecule has 0 aliphatic heterocycles. The van der Waals surface area contributed by atoms with E-state index in [1.807, 2.05) is 0 Å². The molecule has 1 aliphatic rings. The molecule has 0 saturated heterocycles.